The van der Waals surface area contributed by atoms with Gasteiger partial charge in [-0.05, 0) is 43.9 Å². The Bertz CT molecular complexity index is 654. The Kier molecular flexibility index (Phi) is 8.86. The van der Waals surface area contributed by atoms with Crippen molar-refractivity contribution in [1.29, 1.82) is 0 Å². The molecule has 0 radical (unpaired) electrons. The normalized spacial score (nSPS) is 25.2. The van der Waals surface area contributed by atoms with Crippen molar-refractivity contribution in [3.05, 3.63) is 18.2 Å². The Morgan fingerprint density at radius 1 is 0.806 bits per heavy atom. The lowest BCUT2D eigenvalue weighted by Crippen LogP contribution is -2.40. The number of likely N-dealkylation sites (tertiary alicyclic amines) is 1. The van der Waals surface area contributed by atoms with Crippen molar-refractivity contribution in [1.82, 2.24) is 19.8 Å². The van der Waals surface area contributed by atoms with Crippen LogP contribution in [0.4, 0.5) is 0 Å². The van der Waals surface area contributed by atoms with Gasteiger partial charge in [-0.25, -0.2) is 4.98 Å². The Morgan fingerprint density at radius 2 is 1.39 bits per heavy atom. The Hall–Kier alpha value is -1.36. The zero-order valence-electron chi connectivity index (χ0n) is 19.6. The molecule has 1 amide bonds. The Labute approximate surface area is 189 Å². The van der Waals surface area contributed by atoms with Crippen LogP contribution in [0, 0.1) is 11.8 Å². The van der Waals surface area contributed by atoms with Crippen LogP contribution < -0.4 is 5.32 Å². The van der Waals surface area contributed by atoms with Gasteiger partial charge in [-0.1, -0.05) is 64.2 Å². The third-order valence-electron chi connectivity index (χ3n) is 8.01. The second-order valence-electron chi connectivity index (χ2n) is 10.5. The van der Waals surface area contributed by atoms with Gasteiger partial charge in [0.05, 0.1) is 18.1 Å². The first kappa shape index (κ1) is 22.8. The highest BCUT2D eigenvalue weighted by Crippen LogP contribution is 2.26. The third kappa shape index (κ3) is 6.81. The number of carbonyl (C=O) groups is 1. The zero-order chi connectivity index (χ0) is 21.3. The summed E-state index contributed by atoms with van der Waals surface area (Å²) in [7, 11) is 0. The summed E-state index contributed by atoms with van der Waals surface area (Å²) < 4.78 is 2.35. The third-order valence-corrected chi connectivity index (χ3v) is 8.01. The highest BCUT2D eigenvalue weighted by atomic mass is 16.2. The van der Waals surface area contributed by atoms with E-state index >= 15 is 0 Å². The summed E-state index contributed by atoms with van der Waals surface area (Å²) in [6.45, 7) is 3.74. The van der Waals surface area contributed by atoms with Gasteiger partial charge >= 0.3 is 0 Å². The average Bonchev–Trinajstić information content (AvgIpc) is 3.29. The van der Waals surface area contributed by atoms with Gasteiger partial charge in [-0.2, -0.15) is 0 Å². The van der Waals surface area contributed by atoms with Crippen LogP contribution >= 0.6 is 0 Å². The van der Waals surface area contributed by atoms with Crippen molar-refractivity contribution in [2.45, 2.75) is 115 Å². The molecule has 1 aromatic heterocycles. The van der Waals surface area contributed by atoms with E-state index in [0.717, 1.165) is 44.4 Å². The molecule has 4 rings (SSSR count). The zero-order valence-corrected chi connectivity index (χ0v) is 19.6. The van der Waals surface area contributed by atoms with Gasteiger partial charge in [0.1, 0.15) is 0 Å². The lowest BCUT2D eigenvalue weighted by Gasteiger charge is -2.23. The maximum atomic E-state index is 13.0. The van der Waals surface area contributed by atoms with E-state index < -0.39 is 0 Å². The van der Waals surface area contributed by atoms with Crippen LogP contribution in [0.3, 0.4) is 0 Å². The molecule has 174 valence electrons. The SMILES string of the molecule is O=C1C(NCc2cncn2CC2CCCCCCCC2)CCN1CC1CCCCCC1. The molecule has 1 aromatic rings. The lowest BCUT2D eigenvalue weighted by molar-refractivity contribution is -0.130. The molecule has 1 atom stereocenters. The van der Waals surface area contributed by atoms with Crippen LogP contribution in [0.1, 0.15) is 102 Å². The number of amides is 1. The minimum atomic E-state index is -0.0148. The highest BCUT2D eigenvalue weighted by Gasteiger charge is 2.32. The molecule has 2 aliphatic carbocycles. The van der Waals surface area contributed by atoms with Crippen LogP contribution in [0.25, 0.3) is 0 Å². The molecule has 5 heteroatoms. The molecule has 0 spiro atoms. The molecule has 1 aliphatic heterocycles. The van der Waals surface area contributed by atoms with Crippen molar-refractivity contribution in [2.75, 3.05) is 13.1 Å². The summed E-state index contributed by atoms with van der Waals surface area (Å²) in [6, 6.07) is -0.0148. The predicted octanol–water partition coefficient (Wildman–Crippen LogP) is 5.29. The van der Waals surface area contributed by atoms with Gasteiger partial charge in [-0.15, -0.1) is 0 Å². The van der Waals surface area contributed by atoms with Gasteiger partial charge in [0, 0.05) is 32.4 Å². The van der Waals surface area contributed by atoms with E-state index in [4.69, 9.17) is 0 Å². The van der Waals surface area contributed by atoms with E-state index in [9.17, 15) is 4.79 Å². The van der Waals surface area contributed by atoms with Crippen molar-refractivity contribution in [3.63, 3.8) is 0 Å². The van der Waals surface area contributed by atoms with E-state index in [1.807, 2.05) is 12.5 Å². The van der Waals surface area contributed by atoms with Crippen LogP contribution in [0.15, 0.2) is 12.5 Å². The van der Waals surface area contributed by atoms with Crippen LogP contribution in [0.5, 0.6) is 0 Å². The fourth-order valence-electron chi connectivity index (χ4n) is 6.03. The number of rotatable bonds is 7. The molecule has 31 heavy (non-hydrogen) atoms. The van der Waals surface area contributed by atoms with Gasteiger partial charge in [-0.3, -0.25) is 4.79 Å². The standard InChI is InChI=1S/C26H44N4O/c31-26-25(15-16-29(26)19-22-11-9-5-6-10-12-22)28-18-24-17-27-21-30(24)20-23-13-7-3-1-2-4-8-14-23/h17,21-23,25,28H,1-16,18-20H2. The van der Waals surface area contributed by atoms with Crippen molar-refractivity contribution < 1.29 is 4.79 Å². The number of imidazole rings is 1. The Morgan fingerprint density at radius 3 is 2.03 bits per heavy atom. The van der Waals surface area contributed by atoms with Crippen LogP contribution in [-0.2, 0) is 17.9 Å². The minimum Gasteiger partial charge on any atom is -0.341 e. The number of nitrogens with zero attached hydrogens (tertiary/aromatic N) is 3. The molecule has 3 aliphatic rings. The largest absolute Gasteiger partial charge is 0.341 e. The Balaban J connectivity index is 1.25. The number of hydrogen-bond donors (Lipinski definition) is 1. The maximum Gasteiger partial charge on any atom is 0.239 e. The summed E-state index contributed by atoms with van der Waals surface area (Å²) in [4.78, 5) is 19.6. The second-order valence-corrected chi connectivity index (χ2v) is 10.5. The molecule has 0 bridgehead atoms. The average molecular weight is 429 g/mol. The molecule has 0 aromatic carbocycles. The number of carbonyl (C=O) groups excluding carboxylic acids is 1. The molecular formula is C26H44N4O. The number of hydrogen-bond acceptors (Lipinski definition) is 3. The van der Waals surface area contributed by atoms with E-state index in [1.54, 1.807) is 0 Å². The van der Waals surface area contributed by atoms with Crippen molar-refractivity contribution >= 4 is 5.91 Å². The summed E-state index contributed by atoms with van der Waals surface area (Å²) in [5.74, 6) is 1.82. The smallest absolute Gasteiger partial charge is 0.239 e. The fraction of sp³-hybridized carbons (Fsp3) is 0.846. The first-order valence-electron chi connectivity index (χ1n) is 13.3. The van der Waals surface area contributed by atoms with Crippen LogP contribution in [0.2, 0.25) is 0 Å². The van der Waals surface area contributed by atoms with E-state index in [-0.39, 0.29) is 6.04 Å². The second kappa shape index (κ2) is 12.0. The molecular weight excluding hydrogens is 384 g/mol. The number of aromatic nitrogens is 2. The minimum absolute atomic E-state index is 0.0148. The van der Waals surface area contributed by atoms with Gasteiger partial charge < -0.3 is 14.8 Å². The topological polar surface area (TPSA) is 50.2 Å². The molecule has 2 heterocycles. The number of nitrogens with one attached hydrogen (secondary N) is 1. The molecule has 5 nitrogen and oxygen atoms in total. The summed E-state index contributed by atoms with van der Waals surface area (Å²) in [6.07, 6.45) is 24.1. The van der Waals surface area contributed by atoms with E-state index in [0.29, 0.717) is 5.91 Å². The maximum absolute atomic E-state index is 13.0. The molecule has 3 fully saturated rings. The van der Waals surface area contributed by atoms with Crippen molar-refractivity contribution in [2.24, 2.45) is 11.8 Å². The van der Waals surface area contributed by atoms with E-state index in [1.165, 1.54) is 95.6 Å². The van der Waals surface area contributed by atoms with Gasteiger partial charge in [0.15, 0.2) is 0 Å². The summed E-state index contributed by atoms with van der Waals surface area (Å²) in [5, 5.41) is 3.57. The predicted molar refractivity (Wildman–Crippen MR) is 126 cm³/mol. The first-order chi connectivity index (χ1) is 15.3. The quantitative estimate of drug-likeness (QED) is 0.600. The monoisotopic (exact) mass is 428 g/mol. The van der Waals surface area contributed by atoms with Crippen molar-refractivity contribution in [3.8, 4) is 0 Å². The fourth-order valence-corrected chi connectivity index (χ4v) is 6.03. The van der Waals surface area contributed by atoms with E-state index in [2.05, 4.69) is 19.8 Å². The highest BCUT2D eigenvalue weighted by molar-refractivity contribution is 5.83. The molecule has 1 unspecified atom stereocenters. The van der Waals surface area contributed by atoms with Gasteiger partial charge in [0.2, 0.25) is 5.91 Å². The first-order valence-corrected chi connectivity index (χ1v) is 13.3. The molecule has 2 saturated carbocycles. The van der Waals surface area contributed by atoms with Gasteiger partial charge in [0.25, 0.3) is 0 Å². The molecule has 1 saturated heterocycles. The summed E-state index contributed by atoms with van der Waals surface area (Å²) in [5.41, 5.74) is 1.23. The lowest BCUT2D eigenvalue weighted by atomic mass is 9.97. The van der Waals surface area contributed by atoms with Crippen LogP contribution in [-0.4, -0.2) is 39.5 Å². The molecule has 1 N–H and O–H groups in total. The summed E-state index contributed by atoms with van der Waals surface area (Å²) >= 11 is 0.